The van der Waals surface area contributed by atoms with E-state index in [4.69, 9.17) is 10.5 Å². The van der Waals surface area contributed by atoms with Crippen molar-refractivity contribution < 1.29 is 9.13 Å². The zero-order chi connectivity index (χ0) is 13.0. The smallest absolute Gasteiger partial charge is 0.165 e. The summed E-state index contributed by atoms with van der Waals surface area (Å²) in [6.07, 6.45) is 6.29. The first kappa shape index (κ1) is 13.3. The molecule has 1 atom stereocenters. The second-order valence-electron chi connectivity index (χ2n) is 5.16. The van der Waals surface area contributed by atoms with Crippen LogP contribution in [-0.2, 0) is 6.42 Å². The number of hydrogen-bond acceptors (Lipinski definition) is 2. The maximum absolute atomic E-state index is 13.9. The van der Waals surface area contributed by atoms with E-state index in [0.717, 1.165) is 31.2 Å². The number of rotatable bonds is 5. The van der Waals surface area contributed by atoms with Gasteiger partial charge in [0.2, 0.25) is 0 Å². The topological polar surface area (TPSA) is 35.2 Å². The van der Waals surface area contributed by atoms with Crippen molar-refractivity contribution in [1.29, 1.82) is 0 Å². The van der Waals surface area contributed by atoms with Gasteiger partial charge in [0, 0.05) is 6.04 Å². The maximum Gasteiger partial charge on any atom is 0.165 e. The molecule has 0 saturated heterocycles. The van der Waals surface area contributed by atoms with Crippen molar-refractivity contribution >= 4 is 0 Å². The van der Waals surface area contributed by atoms with Gasteiger partial charge in [0.25, 0.3) is 0 Å². The molecule has 1 unspecified atom stereocenters. The number of ether oxygens (including phenoxy) is 1. The van der Waals surface area contributed by atoms with Gasteiger partial charge in [-0.2, -0.15) is 0 Å². The Labute approximate surface area is 108 Å². The SMILES string of the molecule is CCC(N)Cc1ccc(OC2CCCC2)c(F)c1. The first-order valence-corrected chi connectivity index (χ1v) is 6.89. The quantitative estimate of drug-likeness (QED) is 0.870. The van der Waals surface area contributed by atoms with Crippen LogP contribution in [0.5, 0.6) is 5.75 Å². The maximum atomic E-state index is 13.9. The van der Waals surface area contributed by atoms with Crippen molar-refractivity contribution in [3.8, 4) is 5.75 Å². The van der Waals surface area contributed by atoms with Crippen LogP contribution in [0.25, 0.3) is 0 Å². The van der Waals surface area contributed by atoms with E-state index < -0.39 is 0 Å². The molecule has 0 radical (unpaired) electrons. The van der Waals surface area contributed by atoms with Crippen molar-refractivity contribution in [2.75, 3.05) is 0 Å². The van der Waals surface area contributed by atoms with E-state index in [-0.39, 0.29) is 18.0 Å². The van der Waals surface area contributed by atoms with Crippen LogP contribution >= 0.6 is 0 Å². The lowest BCUT2D eigenvalue weighted by Gasteiger charge is -2.15. The number of halogens is 1. The van der Waals surface area contributed by atoms with E-state index in [2.05, 4.69) is 0 Å². The third-order valence-electron chi connectivity index (χ3n) is 3.61. The molecule has 1 aromatic rings. The van der Waals surface area contributed by atoms with Crippen molar-refractivity contribution in [3.63, 3.8) is 0 Å². The minimum atomic E-state index is -0.261. The van der Waals surface area contributed by atoms with Crippen LogP contribution in [0.3, 0.4) is 0 Å². The lowest BCUT2D eigenvalue weighted by atomic mass is 10.0. The number of nitrogens with two attached hydrogens (primary N) is 1. The van der Waals surface area contributed by atoms with Crippen LogP contribution in [0.2, 0.25) is 0 Å². The fourth-order valence-electron chi connectivity index (χ4n) is 2.40. The Balaban J connectivity index is 2.00. The van der Waals surface area contributed by atoms with Gasteiger partial charge in [-0.1, -0.05) is 13.0 Å². The van der Waals surface area contributed by atoms with E-state index in [1.54, 1.807) is 12.1 Å². The Morgan fingerprint density at radius 1 is 1.39 bits per heavy atom. The lowest BCUT2D eigenvalue weighted by Crippen LogP contribution is -2.21. The van der Waals surface area contributed by atoms with E-state index in [1.807, 2.05) is 13.0 Å². The molecule has 2 N–H and O–H groups in total. The van der Waals surface area contributed by atoms with Gasteiger partial charge in [-0.05, 0) is 56.2 Å². The van der Waals surface area contributed by atoms with Crippen LogP contribution in [0.4, 0.5) is 4.39 Å². The third kappa shape index (κ3) is 3.45. The average molecular weight is 251 g/mol. The molecule has 2 nitrogen and oxygen atoms in total. The highest BCUT2D eigenvalue weighted by Crippen LogP contribution is 2.26. The first-order valence-electron chi connectivity index (χ1n) is 6.89. The summed E-state index contributed by atoms with van der Waals surface area (Å²) in [5.74, 6) is 0.124. The molecule has 0 amide bonds. The molecule has 18 heavy (non-hydrogen) atoms. The van der Waals surface area contributed by atoms with Gasteiger partial charge in [-0.3, -0.25) is 0 Å². The Bertz CT molecular complexity index is 388. The Morgan fingerprint density at radius 3 is 2.72 bits per heavy atom. The van der Waals surface area contributed by atoms with Crippen LogP contribution in [0, 0.1) is 5.82 Å². The summed E-state index contributed by atoms with van der Waals surface area (Å²) in [6.45, 7) is 2.04. The summed E-state index contributed by atoms with van der Waals surface area (Å²) in [4.78, 5) is 0. The summed E-state index contributed by atoms with van der Waals surface area (Å²) >= 11 is 0. The van der Waals surface area contributed by atoms with Gasteiger partial charge < -0.3 is 10.5 Å². The van der Waals surface area contributed by atoms with E-state index in [9.17, 15) is 4.39 Å². The minimum Gasteiger partial charge on any atom is -0.487 e. The van der Waals surface area contributed by atoms with Crippen molar-refractivity contribution in [2.24, 2.45) is 5.73 Å². The standard InChI is InChI=1S/C15H22FNO/c1-2-12(17)9-11-7-8-15(14(16)10-11)18-13-5-3-4-6-13/h7-8,10,12-13H,2-6,9,17H2,1H3. The molecule has 3 heteroatoms. The fraction of sp³-hybridized carbons (Fsp3) is 0.600. The largest absolute Gasteiger partial charge is 0.487 e. The predicted molar refractivity (Wildman–Crippen MR) is 71.3 cm³/mol. The molecular formula is C15H22FNO. The molecule has 100 valence electrons. The molecular weight excluding hydrogens is 229 g/mol. The second-order valence-corrected chi connectivity index (χ2v) is 5.16. The second kappa shape index (κ2) is 6.19. The molecule has 1 fully saturated rings. The Morgan fingerprint density at radius 2 is 2.11 bits per heavy atom. The molecule has 1 aliphatic carbocycles. The lowest BCUT2D eigenvalue weighted by molar-refractivity contribution is 0.200. The van der Waals surface area contributed by atoms with Crippen molar-refractivity contribution in [3.05, 3.63) is 29.6 Å². The van der Waals surface area contributed by atoms with Crippen LogP contribution in [0.15, 0.2) is 18.2 Å². The number of hydrogen-bond donors (Lipinski definition) is 1. The third-order valence-corrected chi connectivity index (χ3v) is 3.61. The van der Waals surface area contributed by atoms with Gasteiger partial charge in [-0.15, -0.1) is 0 Å². The summed E-state index contributed by atoms with van der Waals surface area (Å²) < 4.78 is 19.6. The van der Waals surface area contributed by atoms with E-state index >= 15 is 0 Å². The van der Waals surface area contributed by atoms with Gasteiger partial charge in [-0.25, -0.2) is 4.39 Å². The van der Waals surface area contributed by atoms with E-state index in [0.29, 0.717) is 5.75 Å². The summed E-state index contributed by atoms with van der Waals surface area (Å²) in [7, 11) is 0. The Kier molecular flexibility index (Phi) is 4.59. The predicted octanol–water partition coefficient (Wildman–Crippen LogP) is 3.43. The zero-order valence-electron chi connectivity index (χ0n) is 11.0. The van der Waals surface area contributed by atoms with Crippen LogP contribution in [-0.4, -0.2) is 12.1 Å². The average Bonchev–Trinajstić information content (AvgIpc) is 2.85. The first-order chi connectivity index (χ1) is 8.69. The molecule has 2 rings (SSSR count). The zero-order valence-corrected chi connectivity index (χ0v) is 11.0. The highest BCUT2D eigenvalue weighted by atomic mass is 19.1. The highest BCUT2D eigenvalue weighted by Gasteiger charge is 2.18. The molecule has 0 bridgehead atoms. The molecule has 0 heterocycles. The van der Waals surface area contributed by atoms with Crippen LogP contribution < -0.4 is 10.5 Å². The molecule has 1 aromatic carbocycles. The fourth-order valence-corrected chi connectivity index (χ4v) is 2.40. The highest BCUT2D eigenvalue weighted by molar-refractivity contribution is 5.30. The summed E-state index contributed by atoms with van der Waals surface area (Å²) in [5.41, 5.74) is 6.82. The van der Waals surface area contributed by atoms with Gasteiger partial charge in [0.1, 0.15) is 0 Å². The van der Waals surface area contributed by atoms with Crippen LogP contribution in [0.1, 0.15) is 44.6 Å². The number of benzene rings is 1. The molecule has 1 saturated carbocycles. The normalized spacial score (nSPS) is 17.9. The molecule has 0 aliphatic heterocycles. The molecule has 0 aromatic heterocycles. The summed E-state index contributed by atoms with van der Waals surface area (Å²) in [5, 5.41) is 0. The molecule has 1 aliphatic rings. The monoisotopic (exact) mass is 251 g/mol. The van der Waals surface area contributed by atoms with E-state index in [1.165, 1.54) is 12.8 Å². The van der Waals surface area contributed by atoms with Gasteiger partial charge >= 0.3 is 0 Å². The van der Waals surface area contributed by atoms with Gasteiger partial charge in [0.05, 0.1) is 6.10 Å². The van der Waals surface area contributed by atoms with Crippen molar-refractivity contribution in [1.82, 2.24) is 0 Å². The summed E-state index contributed by atoms with van der Waals surface area (Å²) in [6, 6.07) is 5.32. The molecule has 0 spiro atoms. The Hall–Kier alpha value is -1.09. The van der Waals surface area contributed by atoms with Gasteiger partial charge in [0.15, 0.2) is 11.6 Å². The van der Waals surface area contributed by atoms with Crippen molar-refractivity contribution in [2.45, 2.75) is 57.6 Å². The minimum absolute atomic E-state index is 0.103.